The number of rotatable bonds is 4. The molecule has 1 heterocycles. The van der Waals surface area contributed by atoms with Crippen molar-refractivity contribution in [3.8, 4) is 0 Å². The van der Waals surface area contributed by atoms with Gasteiger partial charge in [-0.1, -0.05) is 37.3 Å². The Hall–Kier alpha value is -1.35. The maximum Gasteiger partial charge on any atom is 0.283 e. The van der Waals surface area contributed by atoms with Crippen molar-refractivity contribution in [2.75, 3.05) is 13.1 Å². The highest BCUT2D eigenvalue weighted by Gasteiger charge is 2.36. The smallest absolute Gasteiger partial charge is 0.283 e. The van der Waals surface area contributed by atoms with Crippen LogP contribution in [0.3, 0.4) is 0 Å². The normalized spacial score (nSPS) is 27.9. The Morgan fingerprint density at radius 1 is 1.25 bits per heavy atom. The van der Waals surface area contributed by atoms with Crippen molar-refractivity contribution in [3.63, 3.8) is 0 Å². The Morgan fingerprint density at radius 2 is 2.00 bits per heavy atom. The zero-order valence-corrected chi connectivity index (χ0v) is 12.3. The molecule has 1 aliphatic heterocycles. The van der Waals surface area contributed by atoms with Crippen molar-refractivity contribution >= 4 is 5.91 Å². The van der Waals surface area contributed by atoms with Gasteiger partial charge >= 0.3 is 0 Å². The molecule has 0 aromatic heterocycles. The first-order valence-corrected chi connectivity index (χ1v) is 7.94. The van der Waals surface area contributed by atoms with Crippen LogP contribution in [0.5, 0.6) is 0 Å². The number of nitrogens with one attached hydrogen (secondary N) is 2. The summed E-state index contributed by atoms with van der Waals surface area (Å²) < 4.78 is 0. The highest BCUT2D eigenvalue weighted by atomic mass is 16.2. The number of likely N-dealkylation sites (tertiary alicyclic amines) is 1. The average molecular weight is 273 g/mol. The summed E-state index contributed by atoms with van der Waals surface area (Å²) in [6.07, 6.45) is 4.84. The molecule has 3 atom stereocenters. The van der Waals surface area contributed by atoms with Crippen molar-refractivity contribution in [2.45, 2.75) is 44.7 Å². The maximum absolute atomic E-state index is 12.7. The van der Waals surface area contributed by atoms with Crippen LogP contribution in [0.25, 0.3) is 0 Å². The van der Waals surface area contributed by atoms with Gasteiger partial charge in [0.05, 0.1) is 13.1 Å². The van der Waals surface area contributed by atoms with Crippen molar-refractivity contribution < 1.29 is 9.69 Å². The van der Waals surface area contributed by atoms with Gasteiger partial charge in [-0.2, -0.15) is 0 Å². The van der Waals surface area contributed by atoms with Gasteiger partial charge in [-0.25, -0.2) is 0 Å². The average Bonchev–Trinajstić information content (AvgIpc) is 3.24. The molecule has 3 nitrogen and oxygen atoms in total. The Bertz CT molecular complexity index is 455. The van der Waals surface area contributed by atoms with Crippen molar-refractivity contribution in [2.24, 2.45) is 5.92 Å². The summed E-state index contributed by atoms with van der Waals surface area (Å²) >= 11 is 0. The van der Waals surface area contributed by atoms with Gasteiger partial charge in [-0.15, -0.1) is 0 Å². The van der Waals surface area contributed by atoms with E-state index in [1.165, 1.54) is 17.7 Å². The summed E-state index contributed by atoms with van der Waals surface area (Å²) in [7, 11) is 0. The molecule has 0 spiro atoms. The van der Waals surface area contributed by atoms with E-state index >= 15 is 0 Å². The monoisotopic (exact) mass is 273 g/mol. The minimum atomic E-state index is -0.0282. The predicted octanol–water partition coefficient (Wildman–Crippen LogP) is 1.32. The lowest BCUT2D eigenvalue weighted by molar-refractivity contribution is -0.930. The van der Waals surface area contributed by atoms with E-state index in [1.807, 2.05) is 18.2 Å². The van der Waals surface area contributed by atoms with Crippen molar-refractivity contribution in [1.29, 1.82) is 0 Å². The Balaban J connectivity index is 1.80. The number of hydrogen-bond donors (Lipinski definition) is 2. The lowest BCUT2D eigenvalue weighted by Gasteiger charge is -2.33. The molecule has 1 saturated carbocycles. The molecule has 3 heteroatoms. The van der Waals surface area contributed by atoms with Crippen molar-refractivity contribution in [1.82, 2.24) is 5.32 Å². The molecule has 1 amide bonds. The van der Waals surface area contributed by atoms with Gasteiger partial charge in [0.2, 0.25) is 0 Å². The molecule has 108 valence electrons. The molecule has 20 heavy (non-hydrogen) atoms. The first-order valence-electron chi connectivity index (χ1n) is 7.94. The number of carbonyl (C=O) groups is 1. The first kappa shape index (κ1) is 13.6. The highest BCUT2D eigenvalue weighted by Crippen LogP contribution is 2.21. The summed E-state index contributed by atoms with van der Waals surface area (Å²) in [5, 5.41) is 3.20. The lowest BCUT2D eigenvalue weighted by Crippen LogP contribution is -3.15. The standard InChI is InChI=1S/C17H24N2O/c1-13-6-5-11-19(12-13)16(14-7-3-2-4-8-14)17(20)18-15-9-10-15/h2-4,7-8,13,15-16H,5-6,9-12H2,1H3,(H,18,20)/p+1/t13-,16+/m1/s1. The quantitative estimate of drug-likeness (QED) is 0.852. The van der Waals surface area contributed by atoms with Crippen LogP contribution in [0, 0.1) is 5.92 Å². The fraction of sp³-hybridized carbons (Fsp3) is 0.588. The molecule has 3 rings (SSSR count). The molecule has 2 aliphatic rings. The number of piperidine rings is 1. The third-order valence-electron chi connectivity index (χ3n) is 4.53. The second kappa shape index (κ2) is 5.96. The summed E-state index contributed by atoms with van der Waals surface area (Å²) in [6, 6.07) is 10.7. The summed E-state index contributed by atoms with van der Waals surface area (Å²) in [5.74, 6) is 0.946. The van der Waals surface area contributed by atoms with Crippen LogP contribution in [0.2, 0.25) is 0 Å². The largest absolute Gasteiger partial charge is 0.348 e. The summed E-state index contributed by atoms with van der Waals surface area (Å²) in [4.78, 5) is 14.1. The topological polar surface area (TPSA) is 33.5 Å². The molecule has 1 aromatic rings. The number of benzene rings is 1. The molecule has 2 N–H and O–H groups in total. The fourth-order valence-electron chi connectivity index (χ4n) is 3.32. The molecule has 1 saturated heterocycles. The summed E-state index contributed by atoms with van der Waals surface area (Å²) in [5.41, 5.74) is 1.16. The van der Waals surface area contributed by atoms with E-state index in [4.69, 9.17) is 0 Å². The van der Waals surface area contributed by atoms with E-state index in [0.29, 0.717) is 6.04 Å². The zero-order chi connectivity index (χ0) is 13.9. The molecule has 0 radical (unpaired) electrons. The zero-order valence-electron chi connectivity index (χ0n) is 12.3. The molecule has 2 fully saturated rings. The molecule has 0 bridgehead atoms. The van der Waals surface area contributed by atoms with Gasteiger partial charge in [-0.3, -0.25) is 4.79 Å². The van der Waals surface area contributed by atoms with E-state index in [2.05, 4.69) is 24.4 Å². The van der Waals surface area contributed by atoms with Crippen LogP contribution in [0.1, 0.15) is 44.2 Å². The maximum atomic E-state index is 12.7. The highest BCUT2D eigenvalue weighted by molar-refractivity contribution is 5.82. The second-order valence-corrected chi connectivity index (χ2v) is 6.49. The van der Waals surface area contributed by atoms with E-state index < -0.39 is 0 Å². The lowest BCUT2D eigenvalue weighted by atomic mass is 9.95. The van der Waals surface area contributed by atoms with E-state index in [0.717, 1.165) is 37.4 Å². The van der Waals surface area contributed by atoms with Crippen LogP contribution in [-0.2, 0) is 4.79 Å². The van der Waals surface area contributed by atoms with Crippen LogP contribution in [0.4, 0.5) is 0 Å². The van der Waals surface area contributed by atoms with Gasteiger partial charge in [-0.05, 0) is 25.7 Å². The second-order valence-electron chi connectivity index (χ2n) is 6.49. The molecule has 1 unspecified atom stereocenters. The predicted molar refractivity (Wildman–Crippen MR) is 79.4 cm³/mol. The van der Waals surface area contributed by atoms with Crippen LogP contribution in [0.15, 0.2) is 30.3 Å². The minimum absolute atomic E-state index is 0.0282. The Morgan fingerprint density at radius 3 is 2.65 bits per heavy atom. The molecular formula is C17H25N2O+. The Labute approximate surface area is 121 Å². The molecular weight excluding hydrogens is 248 g/mol. The van der Waals surface area contributed by atoms with Crippen LogP contribution >= 0.6 is 0 Å². The van der Waals surface area contributed by atoms with Gasteiger partial charge in [0.1, 0.15) is 0 Å². The number of amides is 1. The number of quaternary nitrogens is 1. The molecule has 1 aromatic carbocycles. The van der Waals surface area contributed by atoms with E-state index in [9.17, 15) is 4.79 Å². The number of hydrogen-bond acceptors (Lipinski definition) is 1. The Kier molecular flexibility index (Phi) is 4.06. The summed E-state index contributed by atoms with van der Waals surface area (Å²) in [6.45, 7) is 4.53. The van der Waals surface area contributed by atoms with Gasteiger partial charge in [0.25, 0.3) is 5.91 Å². The van der Waals surface area contributed by atoms with Crippen LogP contribution < -0.4 is 10.2 Å². The van der Waals surface area contributed by atoms with E-state index in [-0.39, 0.29) is 11.9 Å². The van der Waals surface area contributed by atoms with E-state index in [1.54, 1.807) is 0 Å². The van der Waals surface area contributed by atoms with Crippen molar-refractivity contribution in [3.05, 3.63) is 35.9 Å². The third kappa shape index (κ3) is 3.21. The van der Waals surface area contributed by atoms with Gasteiger partial charge < -0.3 is 10.2 Å². The molecule has 1 aliphatic carbocycles. The van der Waals surface area contributed by atoms with Gasteiger partial charge in [0, 0.05) is 17.5 Å². The van der Waals surface area contributed by atoms with Gasteiger partial charge in [0.15, 0.2) is 6.04 Å². The fourth-order valence-corrected chi connectivity index (χ4v) is 3.32. The third-order valence-corrected chi connectivity index (χ3v) is 4.53. The number of carbonyl (C=O) groups excluding carboxylic acids is 1. The SMILES string of the molecule is C[C@@H]1CCC[NH+]([C@H](C(=O)NC2CC2)c2ccccc2)C1. The van der Waals surface area contributed by atoms with Crippen LogP contribution in [-0.4, -0.2) is 25.0 Å². The minimum Gasteiger partial charge on any atom is -0.348 e. The first-order chi connectivity index (χ1) is 9.74.